The molecule has 0 aromatic heterocycles. The standard InChI is InChI=1S/C13H21NO2/c1-7-13(8-9-13)10(2)14(6)11(15)16-12(3,4)5/h1,10H,8-9H2,2-6H3. The van der Waals surface area contributed by atoms with Gasteiger partial charge in [-0.1, -0.05) is 5.92 Å². The predicted molar refractivity (Wildman–Crippen MR) is 64.0 cm³/mol. The smallest absolute Gasteiger partial charge is 0.410 e. The number of hydrogen-bond acceptors (Lipinski definition) is 2. The maximum atomic E-state index is 11.8. The highest BCUT2D eigenvalue weighted by molar-refractivity contribution is 5.68. The van der Waals surface area contributed by atoms with Crippen LogP contribution in [-0.2, 0) is 4.74 Å². The van der Waals surface area contributed by atoms with Gasteiger partial charge in [-0.05, 0) is 40.5 Å². The molecule has 0 N–H and O–H groups in total. The highest BCUT2D eigenvalue weighted by Gasteiger charge is 2.48. The second-order valence-electron chi connectivity index (χ2n) is 5.57. The van der Waals surface area contributed by atoms with E-state index in [0.29, 0.717) is 0 Å². The van der Waals surface area contributed by atoms with Crippen LogP contribution in [0, 0.1) is 17.8 Å². The Morgan fingerprint density at radius 2 is 2.00 bits per heavy atom. The first kappa shape index (κ1) is 12.9. The van der Waals surface area contributed by atoms with Crippen LogP contribution in [0.1, 0.15) is 40.5 Å². The van der Waals surface area contributed by atoms with Crippen molar-refractivity contribution in [3.05, 3.63) is 0 Å². The van der Waals surface area contributed by atoms with Gasteiger partial charge in [-0.3, -0.25) is 0 Å². The van der Waals surface area contributed by atoms with Crippen LogP contribution < -0.4 is 0 Å². The Labute approximate surface area is 98.1 Å². The van der Waals surface area contributed by atoms with Crippen LogP contribution in [0.2, 0.25) is 0 Å². The van der Waals surface area contributed by atoms with E-state index in [-0.39, 0.29) is 17.6 Å². The van der Waals surface area contributed by atoms with Crippen molar-refractivity contribution in [2.75, 3.05) is 7.05 Å². The van der Waals surface area contributed by atoms with Crippen LogP contribution in [-0.4, -0.2) is 29.7 Å². The molecule has 3 nitrogen and oxygen atoms in total. The average Bonchev–Trinajstić information content (AvgIpc) is 2.93. The summed E-state index contributed by atoms with van der Waals surface area (Å²) >= 11 is 0. The number of amides is 1. The molecule has 0 aliphatic heterocycles. The lowest BCUT2D eigenvalue weighted by Gasteiger charge is -2.31. The zero-order chi connectivity index (χ0) is 12.6. The molecule has 1 fully saturated rings. The Morgan fingerprint density at radius 1 is 1.50 bits per heavy atom. The summed E-state index contributed by atoms with van der Waals surface area (Å²) < 4.78 is 5.31. The molecule has 1 atom stereocenters. The van der Waals surface area contributed by atoms with Gasteiger partial charge in [0.1, 0.15) is 5.60 Å². The molecule has 0 bridgehead atoms. The SMILES string of the molecule is C#CC1(C(C)N(C)C(=O)OC(C)(C)C)CC1. The van der Waals surface area contributed by atoms with Crippen LogP contribution in [0.25, 0.3) is 0 Å². The van der Waals surface area contributed by atoms with Gasteiger partial charge < -0.3 is 9.64 Å². The van der Waals surface area contributed by atoms with Gasteiger partial charge in [0, 0.05) is 13.1 Å². The molecule has 1 saturated carbocycles. The van der Waals surface area contributed by atoms with Gasteiger partial charge in [-0.15, -0.1) is 6.42 Å². The van der Waals surface area contributed by atoms with Crippen LogP contribution in [0.5, 0.6) is 0 Å². The molecule has 1 aliphatic rings. The number of ether oxygens (including phenoxy) is 1. The van der Waals surface area contributed by atoms with Crippen molar-refractivity contribution in [3.63, 3.8) is 0 Å². The summed E-state index contributed by atoms with van der Waals surface area (Å²) in [5.41, 5.74) is -0.580. The lowest BCUT2D eigenvalue weighted by Crippen LogP contribution is -2.43. The number of rotatable bonds is 2. The minimum Gasteiger partial charge on any atom is -0.444 e. The second kappa shape index (κ2) is 4.01. The van der Waals surface area contributed by atoms with Crippen molar-refractivity contribution in [1.29, 1.82) is 0 Å². The van der Waals surface area contributed by atoms with Crippen molar-refractivity contribution in [2.24, 2.45) is 5.41 Å². The van der Waals surface area contributed by atoms with Crippen molar-refractivity contribution in [1.82, 2.24) is 4.90 Å². The quantitative estimate of drug-likeness (QED) is 0.673. The molecule has 90 valence electrons. The first-order valence-electron chi connectivity index (χ1n) is 5.65. The number of carbonyl (C=O) groups excluding carboxylic acids is 1. The van der Waals surface area contributed by atoms with E-state index >= 15 is 0 Å². The zero-order valence-corrected chi connectivity index (χ0v) is 10.8. The summed E-state index contributed by atoms with van der Waals surface area (Å²) in [6, 6.07) is 0.0346. The zero-order valence-electron chi connectivity index (χ0n) is 10.8. The molecule has 0 saturated heterocycles. The molecular formula is C13H21NO2. The molecule has 0 aromatic rings. The normalized spacial score (nSPS) is 19.5. The monoisotopic (exact) mass is 223 g/mol. The Morgan fingerprint density at radius 3 is 2.31 bits per heavy atom. The molecule has 1 aliphatic carbocycles. The molecule has 0 aromatic carbocycles. The van der Waals surface area contributed by atoms with Crippen LogP contribution in [0.3, 0.4) is 0 Å². The maximum absolute atomic E-state index is 11.8. The summed E-state index contributed by atoms with van der Waals surface area (Å²) in [7, 11) is 1.75. The summed E-state index contributed by atoms with van der Waals surface area (Å²) in [5, 5.41) is 0. The van der Waals surface area contributed by atoms with E-state index in [1.165, 1.54) is 0 Å². The fourth-order valence-corrected chi connectivity index (χ4v) is 1.68. The predicted octanol–water partition coefficient (Wildman–Crippen LogP) is 2.66. The van der Waals surface area contributed by atoms with Gasteiger partial charge in [0.05, 0.1) is 5.41 Å². The van der Waals surface area contributed by atoms with E-state index < -0.39 is 5.60 Å². The fraction of sp³-hybridized carbons (Fsp3) is 0.769. The summed E-state index contributed by atoms with van der Waals surface area (Å²) in [6.07, 6.45) is 7.20. The number of hydrogen-bond donors (Lipinski definition) is 0. The molecule has 1 rings (SSSR count). The lowest BCUT2D eigenvalue weighted by molar-refractivity contribution is 0.0194. The van der Waals surface area contributed by atoms with Crippen molar-refractivity contribution < 1.29 is 9.53 Å². The van der Waals surface area contributed by atoms with E-state index in [1.807, 2.05) is 27.7 Å². The van der Waals surface area contributed by atoms with E-state index in [2.05, 4.69) is 5.92 Å². The van der Waals surface area contributed by atoms with Crippen molar-refractivity contribution >= 4 is 6.09 Å². The third-order valence-electron chi connectivity index (χ3n) is 3.14. The van der Waals surface area contributed by atoms with Crippen molar-refractivity contribution in [2.45, 2.75) is 52.2 Å². The van der Waals surface area contributed by atoms with Gasteiger partial charge in [0.15, 0.2) is 0 Å². The highest BCUT2D eigenvalue weighted by Crippen LogP contribution is 2.49. The molecule has 0 heterocycles. The topological polar surface area (TPSA) is 29.5 Å². The summed E-state index contributed by atoms with van der Waals surface area (Å²) in [6.45, 7) is 7.56. The molecule has 0 spiro atoms. The van der Waals surface area contributed by atoms with Crippen LogP contribution in [0.4, 0.5) is 4.79 Å². The first-order chi connectivity index (χ1) is 7.22. The van der Waals surface area contributed by atoms with E-state index in [0.717, 1.165) is 12.8 Å². The van der Waals surface area contributed by atoms with Gasteiger partial charge >= 0.3 is 6.09 Å². The molecule has 1 unspecified atom stereocenters. The second-order valence-corrected chi connectivity index (χ2v) is 5.57. The van der Waals surface area contributed by atoms with Gasteiger partial charge in [-0.25, -0.2) is 4.79 Å². The van der Waals surface area contributed by atoms with E-state index in [4.69, 9.17) is 11.2 Å². The van der Waals surface area contributed by atoms with E-state index in [9.17, 15) is 4.79 Å². The third-order valence-corrected chi connectivity index (χ3v) is 3.14. The van der Waals surface area contributed by atoms with Crippen LogP contribution >= 0.6 is 0 Å². The van der Waals surface area contributed by atoms with E-state index in [1.54, 1.807) is 11.9 Å². The number of terminal acetylenes is 1. The molecule has 3 heteroatoms. The molecular weight excluding hydrogens is 202 g/mol. The summed E-state index contributed by atoms with van der Waals surface area (Å²) in [5.74, 6) is 2.80. The summed E-state index contributed by atoms with van der Waals surface area (Å²) in [4.78, 5) is 13.4. The third kappa shape index (κ3) is 2.69. The molecule has 1 amide bonds. The van der Waals surface area contributed by atoms with Crippen molar-refractivity contribution in [3.8, 4) is 12.3 Å². The number of carbonyl (C=O) groups is 1. The minimum absolute atomic E-state index is 0.0346. The Hall–Kier alpha value is -1.17. The Bertz CT molecular complexity index is 318. The van der Waals surface area contributed by atoms with Crippen LogP contribution in [0.15, 0.2) is 0 Å². The van der Waals surface area contributed by atoms with Gasteiger partial charge in [0.25, 0.3) is 0 Å². The fourth-order valence-electron chi connectivity index (χ4n) is 1.68. The first-order valence-corrected chi connectivity index (χ1v) is 5.65. The lowest BCUT2D eigenvalue weighted by atomic mass is 9.98. The van der Waals surface area contributed by atoms with Gasteiger partial charge in [-0.2, -0.15) is 0 Å². The minimum atomic E-state index is -0.460. The maximum Gasteiger partial charge on any atom is 0.410 e. The molecule has 16 heavy (non-hydrogen) atoms. The molecule has 0 radical (unpaired) electrons. The Balaban J connectivity index is 2.62. The van der Waals surface area contributed by atoms with Gasteiger partial charge in [0.2, 0.25) is 0 Å². The average molecular weight is 223 g/mol. The highest BCUT2D eigenvalue weighted by atomic mass is 16.6. The number of nitrogens with zero attached hydrogens (tertiary/aromatic N) is 1. The largest absolute Gasteiger partial charge is 0.444 e. The Kier molecular flexibility index (Phi) is 3.23.